The van der Waals surface area contributed by atoms with E-state index < -0.39 is 5.91 Å². The highest BCUT2D eigenvalue weighted by Gasteiger charge is 2.21. The minimum atomic E-state index is -0.472. The van der Waals surface area contributed by atoms with Gasteiger partial charge in [0.1, 0.15) is 22.9 Å². The summed E-state index contributed by atoms with van der Waals surface area (Å²) in [4.78, 5) is 17.1. The number of benzene rings is 2. The maximum Gasteiger partial charge on any atom is 0.258 e. The second-order valence-corrected chi connectivity index (χ2v) is 9.24. The maximum atomic E-state index is 12.3. The zero-order chi connectivity index (χ0) is 21.8. The first kappa shape index (κ1) is 24.6. The van der Waals surface area contributed by atoms with E-state index in [4.69, 9.17) is 0 Å². The second-order valence-electron chi connectivity index (χ2n) is 7.58. The average Bonchev–Trinajstić information content (AvgIpc) is 3.21. The van der Waals surface area contributed by atoms with Crippen molar-refractivity contribution in [3.8, 4) is 11.5 Å². The van der Waals surface area contributed by atoms with Gasteiger partial charge in [-0.2, -0.15) is 4.37 Å². The number of fused-ring (bicyclic) bond motifs is 1. The van der Waals surface area contributed by atoms with Gasteiger partial charge in [0.25, 0.3) is 5.91 Å². The molecular formula is C22H26BrClN4O3S. The van der Waals surface area contributed by atoms with Crippen LogP contribution in [0.15, 0.2) is 40.9 Å². The van der Waals surface area contributed by atoms with Crippen LogP contribution in [-0.4, -0.2) is 64.7 Å². The van der Waals surface area contributed by atoms with Crippen molar-refractivity contribution in [2.45, 2.75) is 12.8 Å². The molecule has 1 amide bonds. The van der Waals surface area contributed by atoms with Gasteiger partial charge in [-0.1, -0.05) is 12.1 Å². The zero-order valence-corrected chi connectivity index (χ0v) is 20.7. The Labute approximate surface area is 205 Å². The Balaban J connectivity index is 0.00000289. The lowest BCUT2D eigenvalue weighted by molar-refractivity contribution is 0.0947. The number of nitrogens with zero attached hydrogens (tertiary/aromatic N) is 3. The first-order valence-corrected chi connectivity index (χ1v) is 11.9. The Morgan fingerprint density at radius 1 is 1.09 bits per heavy atom. The van der Waals surface area contributed by atoms with Crippen molar-refractivity contribution >= 4 is 61.7 Å². The average molecular weight is 542 g/mol. The van der Waals surface area contributed by atoms with Gasteiger partial charge in [-0.3, -0.25) is 9.69 Å². The maximum absolute atomic E-state index is 12.3. The van der Waals surface area contributed by atoms with Gasteiger partial charge in [0.05, 0.1) is 9.17 Å². The quantitative estimate of drug-likeness (QED) is 0.388. The molecule has 3 aromatic rings. The molecule has 0 aliphatic carbocycles. The molecule has 2 aromatic carbocycles. The molecule has 4 rings (SSSR count). The van der Waals surface area contributed by atoms with Crippen molar-refractivity contribution in [3.05, 3.63) is 46.4 Å². The highest BCUT2D eigenvalue weighted by molar-refractivity contribution is 9.10. The van der Waals surface area contributed by atoms with Gasteiger partial charge in [0.15, 0.2) is 0 Å². The van der Waals surface area contributed by atoms with Gasteiger partial charge in [0.2, 0.25) is 0 Å². The van der Waals surface area contributed by atoms with Crippen LogP contribution in [0.5, 0.6) is 11.5 Å². The number of hydrogen-bond acceptors (Lipinski definition) is 7. The molecule has 1 aromatic heterocycles. The standard InChI is InChI=1S/C22H25BrN4O3S.ClH/c23-16-7-8-17(28)19(20(16)29)22(30)24-9-3-4-10-26-11-13-27(14-12-26)21-15-5-1-2-6-18(15)31-25-21;/h1-2,5-8,28-29H,3-4,9-14H2,(H,24,30);1H. The predicted octanol–water partition coefficient (Wildman–Crippen LogP) is 4.22. The van der Waals surface area contributed by atoms with Crippen molar-refractivity contribution in [2.24, 2.45) is 0 Å². The van der Waals surface area contributed by atoms with Crippen molar-refractivity contribution in [1.82, 2.24) is 14.6 Å². The number of phenols is 2. The molecule has 0 radical (unpaired) electrons. The lowest BCUT2D eigenvalue weighted by Crippen LogP contribution is -2.46. The summed E-state index contributed by atoms with van der Waals surface area (Å²) in [7, 11) is 0. The molecule has 3 N–H and O–H groups in total. The summed E-state index contributed by atoms with van der Waals surface area (Å²) >= 11 is 4.72. The Bertz CT molecular complexity index is 1070. The van der Waals surface area contributed by atoms with Gasteiger partial charge >= 0.3 is 0 Å². The Morgan fingerprint density at radius 2 is 1.84 bits per heavy atom. The summed E-state index contributed by atoms with van der Waals surface area (Å²) in [5.74, 6) is 0.148. The number of aromatic hydroxyl groups is 2. The van der Waals surface area contributed by atoms with Crippen LogP contribution in [-0.2, 0) is 0 Å². The molecule has 0 saturated carbocycles. The van der Waals surface area contributed by atoms with E-state index in [0.29, 0.717) is 11.0 Å². The van der Waals surface area contributed by atoms with E-state index in [2.05, 4.69) is 59.7 Å². The molecule has 1 aliphatic heterocycles. The summed E-state index contributed by atoms with van der Waals surface area (Å²) in [6.07, 6.45) is 1.80. The SMILES string of the molecule is Cl.O=C(NCCCCN1CCN(c2nsc3ccccc23)CC1)c1c(O)ccc(Br)c1O. The van der Waals surface area contributed by atoms with Crippen LogP contribution in [0.1, 0.15) is 23.2 Å². The van der Waals surface area contributed by atoms with Crippen molar-refractivity contribution in [3.63, 3.8) is 0 Å². The van der Waals surface area contributed by atoms with Gasteiger partial charge in [0, 0.05) is 38.1 Å². The van der Waals surface area contributed by atoms with Crippen LogP contribution < -0.4 is 10.2 Å². The van der Waals surface area contributed by atoms with Crippen LogP contribution in [0.25, 0.3) is 10.1 Å². The van der Waals surface area contributed by atoms with E-state index >= 15 is 0 Å². The monoisotopic (exact) mass is 540 g/mol. The van der Waals surface area contributed by atoms with Crippen LogP contribution in [0, 0.1) is 0 Å². The number of amides is 1. The Kier molecular flexibility index (Phi) is 8.58. The van der Waals surface area contributed by atoms with Crippen LogP contribution in [0.2, 0.25) is 0 Å². The van der Waals surface area contributed by atoms with Gasteiger partial charge in [-0.15, -0.1) is 12.4 Å². The highest BCUT2D eigenvalue weighted by atomic mass is 79.9. The predicted molar refractivity (Wildman–Crippen MR) is 135 cm³/mol. The van der Waals surface area contributed by atoms with Gasteiger partial charge < -0.3 is 20.4 Å². The first-order valence-electron chi connectivity index (χ1n) is 10.3. The fourth-order valence-corrected chi connectivity index (χ4v) is 4.94. The summed E-state index contributed by atoms with van der Waals surface area (Å²) in [6.45, 7) is 5.40. The molecule has 0 unspecified atom stereocenters. The van der Waals surface area contributed by atoms with Crippen LogP contribution >= 0.6 is 39.9 Å². The number of anilines is 1. The number of nitrogens with one attached hydrogen (secondary N) is 1. The first-order chi connectivity index (χ1) is 15.0. The molecule has 0 bridgehead atoms. The molecule has 1 aliphatic rings. The minimum absolute atomic E-state index is 0. The van der Waals surface area contributed by atoms with E-state index in [-0.39, 0.29) is 29.5 Å². The molecule has 172 valence electrons. The molecule has 1 saturated heterocycles. The number of phenolic OH excluding ortho intramolecular Hbond substituents is 2. The third kappa shape index (κ3) is 5.46. The van der Waals surface area contributed by atoms with E-state index in [0.717, 1.165) is 51.4 Å². The molecule has 10 heteroatoms. The number of unbranched alkanes of at least 4 members (excludes halogenated alkanes) is 1. The second kappa shape index (κ2) is 11.2. The number of piperazine rings is 1. The number of halogens is 2. The van der Waals surface area contributed by atoms with Gasteiger partial charge in [-0.25, -0.2) is 0 Å². The summed E-state index contributed by atoms with van der Waals surface area (Å²) in [5, 5.41) is 23.8. The number of aromatic nitrogens is 1. The van der Waals surface area contributed by atoms with Crippen LogP contribution in [0.4, 0.5) is 5.82 Å². The Hall–Kier alpha value is -2.07. The number of carbonyl (C=O) groups is 1. The minimum Gasteiger partial charge on any atom is -0.507 e. The summed E-state index contributed by atoms with van der Waals surface area (Å²) < 4.78 is 6.26. The molecule has 0 spiro atoms. The van der Waals surface area contributed by atoms with Gasteiger partial charge in [-0.05, 0) is 71.1 Å². The largest absolute Gasteiger partial charge is 0.507 e. The lowest BCUT2D eigenvalue weighted by atomic mass is 10.1. The highest BCUT2D eigenvalue weighted by Crippen LogP contribution is 2.34. The smallest absolute Gasteiger partial charge is 0.258 e. The molecule has 7 nitrogen and oxygen atoms in total. The fraction of sp³-hybridized carbons (Fsp3) is 0.364. The number of rotatable bonds is 7. The Morgan fingerprint density at radius 3 is 2.62 bits per heavy atom. The molecular weight excluding hydrogens is 516 g/mol. The molecule has 1 fully saturated rings. The topological polar surface area (TPSA) is 88.9 Å². The van der Waals surface area contributed by atoms with E-state index in [1.165, 1.54) is 22.2 Å². The molecule has 2 heterocycles. The summed E-state index contributed by atoms with van der Waals surface area (Å²) in [5.41, 5.74) is -0.0972. The number of carbonyl (C=O) groups excluding carboxylic acids is 1. The fourth-order valence-electron chi connectivity index (χ4n) is 3.81. The summed E-state index contributed by atoms with van der Waals surface area (Å²) in [6, 6.07) is 11.3. The lowest BCUT2D eigenvalue weighted by Gasteiger charge is -2.35. The number of hydrogen-bond donors (Lipinski definition) is 3. The zero-order valence-electron chi connectivity index (χ0n) is 17.5. The van der Waals surface area contributed by atoms with Crippen molar-refractivity contribution < 1.29 is 15.0 Å². The van der Waals surface area contributed by atoms with Crippen molar-refractivity contribution in [1.29, 1.82) is 0 Å². The molecule has 32 heavy (non-hydrogen) atoms. The normalized spacial score (nSPS) is 14.3. The molecule has 0 atom stereocenters. The van der Waals surface area contributed by atoms with Crippen molar-refractivity contribution in [2.75, 3.05) is 44.2 Å². The van der Waals surface area contributed by atoms with E-state index in [1.807, 2.05) is 0 Å². The van der Waals surface area contributed by atoms with E-state index in [1.54, 1.807) is 11.5 Å². The third-order valence-electron chi connectivity index (χ3n) is 5.55. The van der Waals surface area contributed by atoms with E-state index in [9.17, 15) is 15.0 Å². The third-order valence-corrected chi connectivity index (χ3v) is 7.01. The van der Waals surface area contributed by atoms with Crippen LogP contribution in [0.3, 0.4) is 0 Å².